The van der Waals surface area contributed by atoms with E-state index in [0.717, 1.165) is 16.6 Å². The zero-order chi connectivity index (χ0) is 19.4. The SMILES string of the molecule is O=C(c1ccc(OC(F)(F)F)cc1)N1CCC(Oc2ncccc2Br)CC1. The van der Waals surface area contributed by atoms with Crippen LogP contribution < -0.4 is 9.47 Å². The number of carbonyl (C=O) groups is 1. The summed E-state index contributed by atoms with van der Waals surface area (Å²) in [6, 6.07) is 8.56. The van der Waals surface area contributed by atoms with Crippen molar-refractivity contribution in [3.63, 3.8) is 0 Å². The molecule has 0 atom stereocenters. The third kappa shape index (κ3) is 5.35. The van der Waals surface area contributed by atoms with E-state index in [0.29, 0.717) is 37.4 Å². The minimum Gasteiger partial charge on any atom is -0.473 e. The predicted molar refractivity (Wildman–Crippen MR) is 94.6 cm³/mol. The van der Waals surface area contributed by atoms with Crippen LogP contribution >= 0.6 is 15.9 Å². The smallest absolute Gasteiger partial charge is 0.473 e. The van der Waals surface area contributed by atoms with Crippen molar-refractivity contribution in [3.05, 3.63) is 52.6 Å². The van der Waals surface area contributed by atoms with E-state index < -0.39 is 6.36 Å². The highest BCUT2D eigenvalue weighted by molar-refractivity contribution is 9.10. The Morgan fingerprint density at radius 1 is 1.15 bits per heavy atom. The van der Waals surface area contributed by atoms with Gasteiger partial charge in [0, 0.05) is 37.7 Å². The second-order valence-corrected chi connectivity index (χ2v) is 6.83. The average molecular weight is 445 g/mol. The molecule has 1 aliphatic heterocycles. The van der Waals surface area contributed by atoms with E-state index in [1.54, 1.807) is 17.2 Å². The minimum absolute atomic E-state index is 0.0530. The molecule has 9 heteroatoms. The number of nitrogens with zero attached hydrogens (tertiary/aromatic N) is 2. The first-order chi connectivity index (χ1) is 12.8. The fourth-order valence-electron chi connectivity index (χ4n) is 2.77. The van der Waals surface area contributed by atoms with Gasteiger partial charge in [-0.1, -0.05) is 0 Å². The molecule has 3 rings (SSSR count). The fraction of sp³-hybridized carbons (Fsp3) is 0.333. The van der Waals surface area contributed by atoms with Crippen molar-refractivity contribution in [1.29, 1.82) is 0 Å². The molecule has 0 radical (unpaired) electrons. The number of benzene rings is 1. The van der Waals surface area contributed by atoms with Crippen LogP contribution in [0.3, 0.4) is 0 Å². The van der Waals surface area contributed by atoms with Gasteiger partial charge < -0.3 is 14.4 Å². The maximum atomic E-state index is 12.5. The second kappa shape index (κ2) is 8.16. The summed E-state index contributed by atoms with van der Waals surface area (Å²) in [5, 5.41) is 0. The molecule has 1 aromatic heterocycles. The van der Waals surface area contributed by atoms with Crippen LogP contribution in [0.2, 0.25) is 0 Å². The summed E-state index contributed by atoms with van der Waals surface area (Å²) >= 11 is 3.38. The monoisotopic (exact) mass is 444 g/mol. The molecule has 0 saturated carbocycles. The van der Waals surface area contributed by atoms with Crippen LogP contribution in [0.5, 0.6) is 11.6 Å². The van der Waals surface area contributed by atoms with E-state index >= 15 is 0 Å². The molecule has 0 N–H and O–H groups in total. The Balaban J connectivity index is 1.54. The maximum Gasteiger partial charge on any atom is 0.573 e. The van der Waals surface area contributed by atoms with E-state index in [4.69, 9.17) is 4.74 Å². The van der Waals surface area contributed by atoms with Gasteiger partial charge in [-0.25, -0.2) is 4.98 Å². The number of rotatable bonds is 4. The lowest BCUT2D eigenvalue weighted by Gasteiger charge is -2.32. The Kier molecular flexibility index (Phi) is 5.88. The van der Waals surface area contributed by atoms with Crippen LogP contribution in [0.1, 0.15) is 23.2 Å². The maximum absolute atomic E-state index is 12.5. The highest BCUT2D eigenvalue weighted by Crippen LogP contribution is 2.26. The van der Waals surface area contributed by atoms with Gasteiger partial charge in [0.1, 0.15) is 11.9 Å². The number of ether oxygens (including phenoxy) is 2. The molecule has 0 bridgehead atoms. The van der Waals surface area contributed by atoms with Gasteiger partial charge in [-0.2, -0.15) is 0 Å². The Morgan fingerprint density at radius 3 is 2.41 bits per heavy atom. The summed E-state index contributed by atoms with van der Waals surface area (Å²) in [7, 11) is 0. The lowest BCUT2D eigenvalue weighted by molar-refractivity contribution is -0.274. The quantitative estimate of drug-likeness (QED) is 0.699. The Hall–Kier alpha value is -2.29. The van der Waals surface area contributed by atoms with Crippen molar-refractivity contribution in [2.75, 3.05) is 13.1 Å². The molecule has 0 unspecified atom stereocenters. The van der Waals surface area contributed by atoms with Gasteiger partial charge >= 0.3 is 6.36 Å². The van der Waals surface area contributed by atoms with Crippen molar-refractivity contribution in [1.82, 2.24) is 9.88 Å². The molecule has 0 spiro atoms. The molecule has 144 valence electrons. The summed E-state index contributed by atoms with van der Waals surface area (Å²) in [6.07, 6.45) is -1.88. The number of carbonyl (C=O) groups excluding carboxylic acids is 1. The lowest BCUT2D eigenvalue weighted by Crippen LogP contribution is -2.41. The summed E-state index contributed by atoms with van der Waals surface area (Å²) in [5.74, 6) is -0.0688. The van der Waals surface area contributed by atoms with Crippen LogP contribution in [0, 0.1) is 0 Å². The first kappa shape index (κ1) is 19.5. The van der Waals surface area contributed by atoms with Gasteiger partial charge in [0.2, 0.25) is 5.88 Å². The van der Waals surface area contributed by atoms with Crippen LogP contribution in [0.4, 0.5) is 13.2 Å². The fourth-order valence-corrected chi connectivity index (χ4v) is 3.12. The number of likely N-dealkylation sites (tertiary alicyclic amines) is 1. The number of hydrogen-bond acceptors (Lipinski definition) is 4. The van der Waals surface area contributed by atoms with E-state index in [1.165, 1.54) is 12.1 Å². The first-order valence-corrected chi connectivity index (χ1v) is 9.03. The standard InChI is InChI=1S/C18H16BrF3N2O3/c19-15-2-1-9-23-16(15)26-13-7-10-24(11-8-13)17(25)12-3-5-14(6-4-12)27-18(20,21)22/h1-6,9,13H,7-8,10-11H2. The van der Waals surface area contributed by atoms with Gasteiger partial charge in [0.15, 0.2) is 0 Å². The number of piperidine rings is 1. The minimum atomic E-state index is -4.75. The van der Waals surface area contributed by atoms with Crippen molar-refractivity contribution in [2.45, 2.75) is 25.3 Å². The van der Waals surface area contributed by atoms with Crippen molar-refractivity contribution >= 4 is 21.8 Å². The largest absolute Gasteiger partial charge is 0.573 e. The Morgan fingerprint density at radius 2 is 1.81 bits per heavy atom. The Labute approximate surface area is 162 Å². The Bertz CT molecular complexity index is 791. The summed E-state index contributed by atoms with van der Waals surface area (Å²) < 4.78 is 47.0. The second-order valence-electron chi connectivity index (χ2n) is 5.97. The summed E-state index contributed by atoms with van der Waals surface area (Å²) in [5.41, 5.74) is 0.316. The molecular formula is C18H16BrF3N2O3. The summed E-state index contributed by atoms with van der Waals surface area (Å²) in [6.45, 7) is 0.990. The zero-order valence-corrected chi connectivity index (χ0v) is 15.7. The molecule has 0 aliphatic carbocycles. The molecule has 2 aromatic rings. The molecule has 2 heterocycles. The van der Waals surface area contributed by atoms with Gasteiger partial charge in [-0.15, -0.1) is 13.2 Å². The van der Waals surface area contributed by atoms with Crippen LogP contribution in [-0.2, 0) is 0 Å². The van der Waals surface area contributed by atoms with Gasteiger partial charge in [-0.3, -0.25) is 4.79 Å². The van der Waals surface area contributed by atoms with Crippen molar-refractivity contribution < 1.29 is 27.4 Å². The predicted octanol–water partition coefficient (Wildman–Crippen LogP) is 4.43. The molecule has 1 saturated heterocycles. The molecule has 1 amide bonds. The molecule has 1 aromatic carbocycles. The number of aromatic nitrogens is 1. The van der Waals surface area contributed by atoms with E-state index in [9.17, 15) is 18.0 Å². The van der Waals surface area contributed by atoms with Gasteiger partial charge in [0.25, 0.3) is 5.91 Å². The van der Waals surface area contributed by atoms with Gasteiger partial charge in [-0.05, 0) is 52.3 Å². The van der Waals surface area contributed by atoms with E-state index in [-0.39, 0.29) is 17.8 Å². The molecule has 1 fully saturated rings. The topological polar surface area (TPSA) is 51.7 Å². The molecule has 27 heavy (non-hydrogen) atoms. The van der Waals surface area contributed by atoms with Crippen LogP contribution in [-0.4, -0.2) is 41.3 Å². The first-order valence-electron chi connectivity index (χ1n) is 8.24. The van der Waals surface area contributed by atoms with Gasteiger partial charge in [0.05, 0.1) is 4.47 Å². The van der Waals surface area contributed by atoms with Crippen molar-refractivity contribution in [3.8, 4) is 11.6 Å². The van der Waals surface area contributed by atoms with Crippen LogP contribution in [0.15, 0.2) is 47.1 Å². The van der Waals surface area contributed by atoms with Crippen molar-refractivity contribution in [2.24, 2.45) is 0 Å². The zero-order valence-electron chi connectivity index (χ0n) is 14.1. The lowest BCUT2D eigenvalue weighted by atomic mass is 10.1. The number of pyridine rings is 1. The summed E-state index contributed by atoms with van der Waals surface area (Å²) in [4.78, 5) is 18.3. The third-order valence-electron chi connectivity index (χ3n) is 4.07. The molecule has 5 nitrogen and oxygen atoms in total. The number of halogens is 4. The number of hydrogen-bond donors (Lipinski definition) is 0. The normalized spacial score (nSPS) is 15.5. The van der Waals surface area contributed by atoms with E-state index in [1.807, 2.05) is 6.07 Å². The number of alkyl halides is 3. The average Bonchev–Trinajstić information content (AvgIpc) is 2.63. The van der Waals surface area contributed by atoms with E-state index in [2.05, 4.69) is 25.7 Å². The molecule has 1 aliphatic rings. The highest BCUT2D eigenvalue weighted by atomic mass is 79.9. The molecular weight excluding hydrogens is 429 g/mol. The number of amides is 1. The van der Waals surface area contributed by atoms with Crippen LogP contribution in [0.25, 0.3) is 0 Å². The third-order valence-corrected chi connectivity index (χ3v) is 4.67. The highest BCUT2D eigenvalue weighted by Gasteiger charge is 2.31.